The highest BCUT2D eigenvalue weighted by Gasteiger charge is 2.17. The highest BCUT2D eigenvalue weighted by atomic mass is 14.2. The molecule has 18 heavy (non-hydrogen) atoms. The first-order chi connectivity index (χ1) is 8.57. The number of unbranched alkanes of at least 4 members (excludes halogenated alkanes) is 6. The van der Waals surface area contributed by atoms with E-state index in [1.807, 2.05) is 0 Å². The summed E-state index contributed by atoms with van der Waals surface area (Å²) in [4.78, 5) is 0. The molecule has 0 nitrogen and oxygen atoms in total. The predicted octanol–water partition coefficient (Wildman–Crippen LogP) is 6.79. The summed E-state index contributed by atoms with van der Waals surface area (Å²) in [6.07, 6.45) is 14.3. The summed E-state index contributed by atoms with van der Waals surface area (Å²) in [6, 6.07) is 0. The Kier molecular flexibility index (Phi) is 11.8. The molecule has 0 aromatic carbocycles. The Labute approximate surface area is 117 Å². The van der Waals surface area contributed by atoms with Crippen LogP contribution in [0.1, 0.15) is 98.8 Å². The van der Waals surface area contributed by atoms with E-state index in [1.54, 1.807) is 5.92 Å². The molecular weight excluding hydrogens is 216 g/mol. The lowest BCUT2D eigenvalue weighted by molar-refractivity contribution is 0.404. The molecule has 0 aromatic rings. The third-order valence-corrected chi connectivity index (χ3v) is 4.38. The Hall–Kier alpha value is -0.130. The van der Waals surface area contributed by atoms with Gasteiger partial charge in [0.1, 0.15) is 0 Å². The molecule has 0 spiro atoms. The third-order valence-electron chi connectivity index (χ3n) is 4.38. The molecule has 0 aliphatic carbocycles. The molecule has 0 saturated heterocycles. The average molecular weight is 253 g/mol. The van der Waals surface area contributed by atoms with Crippen molar-refractivity contribution in [2.24, 2.45) is 11.8 Å². The maximum atomic E-state index is 2.44. The standard InChI is InChI=1S/C18H37/c1-6-7-8-9-10-11-12-13-17(4)14-15-18(5)16(2)3/h17-18H,6-15H2,1-5H3/q+1. The summed E-state index contributed by atoms with van der Waals surface area (Å²) < 4.78 is 0. The van der Waals surface area contributed by atoms with E-state index in [4.69, 9.17) is 0 Å². The minimum atomic E-state index is 0.821. The van der Waals surface area contributed by atoms with E-state index >= 15 is 0 Å². The second-order valence-electron chi connectivity index (χ2n) is 6.57. The van der Waals surface area contributed by atoms with Gasteiger partial charge in [0.25, 0.3) is 0 Å². The van der Waals surface area contributed by atoms with Crippen LogP contribution in [-0.2, 0) is 0 Å². The topological polar surface area (TPSA) is 0 Å². The molecule has 2 unspecified atom stereocenters. The Morgan fingerprint density at radius 1 is 0.722 bits per heavy atom. The van der Waals surface area contributed by atoms with Crippen molar-refractivity contribution in [3.05, 3.63) is 5.92 Å². The monoisotopic (exact) mass is 253 g/mol. The van der Waals surface area contributed by atoms with Gasteiger partial charge < -0.3 is 0 Å². The minimum absolute atomic E-state index is 0.821. The lowest BCUT2D eigenvalue weighted by atomic mass is 9.88. The quantitative estimate of drug-likeness (QED) is 0.265. The molecule has 0 rings (SSSR count). The van der Waals surface area contributed by atoms with E-state index < -0.39 is 0 Å². The Morgan fingerprint density at radius 3 is 1.83 bits per heavy atom. The third kappa shape index (κ3) is 11.0. The first kappa shape index (κ1) is 17.9. The normalized spacial score (nSPS) is 14.5. The van der Waals surface area contributed by atoms with Crippen LogP contribution in [0, 0.1) is 17.8 Å². The van der Waals surface area contributed by atoms with Crippen molar-refractivity contribution in [1.29, 1.82) is 0 Å². The molecule has 0 amide bonds. The smallest absolute Gasteiger partial charge is 0.0654 e. The number of hydrogen-bond donors (Lipinski definition) is 0. The number of rotatable bonds is 12. The van der Waals surface area contributed by atoms with E-state index in [0.717, 1.165) is 11.8 Å². The summed E-state index contributed by atoms with van der Waals surface area (Å²) in [6.45, 7) is 11.6. The average Bonchev–Trinajstić information content (AvgIpc) is 2.34. The molecule has 0 bridgehead atoms. The lowest BCUT2D eigenvalue weighted by Crippen LogP contribution is -2.05. The highest BCUT2D eigenvalue weighted by molar-refractivity contribution is 4.83. The van der Waals surface area contributed by atoms with Crippen LogP contribution in [0.3, 0.4) is 0 Å². The minimum Gasteiger partial charge on any atom is -0.0654 e. The van der Waals surface area contributed by atoms with Crippen LogP contribution < -0.4 is 0 Å². The molecule has 0 aliphatic rings. The largest absolute Gasteiger partial charge is 0.0968 e. The van der Waals surface area contributed by atoms with E-state index in [0.29, 0.717) is 0 Å². The summed E-state index contributed by atoms with van der Waals surface area (Å²) in [7, 11) is 0. The van der Waals surface area contributed by atoms with Crippen molar-refractivity contribution >= 4 is 0 Å². The fourth-order valence-electron chi connectivity index (χ4n) is 2.42. The van der Waals surface area contributed by atoms with Gasteiger partial charge in [0.2, 0.25) is 0 Å². The fraction of sp³-hybridized carbons (Fsp3) is 0.944. The van der Waals surface area contributed by atoms with Gasteiger partial charge in [-0.25, -0.2) is 0 Å². The molecule has 0 radical (unpaired) electrons. The first-order valence-electron chi connectivity index (χ1n) is 8.38. The van der Waals surface area contributed by atoms with Gasteiger partial charge in [-0.15, -0.1) is 0 Å². The van der Waals surface area contributed by atoms with Crippen LogP contribution in [0.25, 0.3) is 0 Å². The van der Waals surface area contributed by atoms with Crippen molar-refractivity contribution in [3.63, 3.8) is 0 Å². The Morgan fingerprint density at radius 2 is 1.28 bits per heavy atom. The molecule has 0 N–H and O–H groups in total. The molecular formula is C18H37+. The van der Waals surface area contributed by atoms with Crippen molar-refractivity contribution in [3.8, 4) is 0 Å². The maximum Gasteiger partial charge on any atom is 0.0968 e. The van der Waals surface area contributed by atoms with Crippen LogP contribution in [0.4, 0.5) is 0 Å². The van der Waals surface area contributed by atoms with E-state index in [1.165, 1.54) is 64.2 Å². The molecule has 2 atom stereocenters. The van der Waals surface area contributed by atoms with Gasteiger partial charge in [-0.05, 0) is 25.7 Å². The zero-order valence-corrected chi connectivity index (χ0v) is 13.7. The molecule has 0 heteroatoms. The van der Waals surface area contributed by atoms with Crippen molar-refractivity contribution in [2.75, 3.05) is 0 Å². The second kappa shape index (κ2) is 11.9. The maximum absolute atomic E-state index is 2.44. The molecule has 0 saturated carbocycles. The summed E-state index contributed by atoms with van der Waals surface area (Å²) in [5.41, 5.74) is 0. The van der Waals surface area contributed by atoms with Crippen molar-refractivity contribution in [2.45, 2.75) is 98.8 Å². The second-order valence-corrected chi connectivity index (χ2v) is 6.57. The fourth-order valence-corrected chi connectivity index (χ4v) is 2.42. The van der Waals surface area contributed by atoms with E-state index in [2.05, 4.69) is 34.6 Å². The first-order valence-corrected chi connectivity index (χ1v) is 8.38. The van der Waals surface area contributed by atoms with Gasteiger partial charge >= 0.3 is 0 Å². The molecule has 0 aliphatic heterocycles. The van der Waals surface area contributed by atoms with Gasteiger partial charge in [-0.1, -0.05) is 65.2 Å². The van der Waals surface area contributed by atoms with Gasteiger partial charge in [-0.2, -0.15) is 0 Å². The van der Waals surface area contributed by atoms with Gasteiger partial charge in [-0.3, -0.25) is 0 Å². The van der Waals surface area contributed by atoms with Gasteiger partial charge in [0.15, 0.2) is 0 Å². The summed E-state index contributed by atoms with van der Waals surface area (Å²) in [5.74, 6) is 3.35. The van der Waals surface area contributed by atoms with Crippen LogP contribution in [0.5, 0.6) is 0 Å². The number of hydrogen-bond acceptors (Lipinski definition) is 0. The SMILES string of the molecule is CCCCCCCCCC(C)CCC(C)[C+](C)C. The zero-order valence-electron chi connectivity index (χ0n) is 13.7. The zero-order chi connectivity index (χ0) is 13.8. The lowest BCUT2D eigenvalue weighted by Gasteiger charge is -2.13. The molecule has 0 aromatic heterocycles. The van der Waals surface area contributed by atoms with E-state index in [9.17, 15) is 0 Å². The molecule has 0 heterocycles. The van der Waals surface area contributed by atoms with Crippen LogP contribution in [0.15, 0.2) is 0 Å². The van der Waals surface area contributed by atoms with Gasteiger partial charge in [0, 0.05) is 0 Å². The summed E-state index contributed by atoms with van der Waals surface area (Å²) in [5, 5.41) is 0. The van der Waals surface area contributed by atoms with Gasteiger partial charge in [0.05, 0.1) is 25.7 Å². The highest BCUT2D eigenvalue weighted by Crippen LogP contribution is 2.23. The predicted molar refractivity (Wildman–Crippen MR) is 84.8 cm³/mol. The van der Waals surface area contributed by atoms with Crippen LogP contribution >= 0.6 is 0 Å². The molecule has 108 valence electrons. The summed E-state index contributed by atoms with van der Waals surface area (Å²) >= 11 is 0. The van der Waals surface area contributed by atoms with Crippen LogP contribution in [-0.4, -0.2) is 0 Å². The Bertz CT molecular complexity index is 159. The van der Waals surface area contributed by atoms with Crippen molar-refractivity contribution in [1.82, 2.24) is 0 Å². The van der Waals surface area contributed by atoms with E-state index in [-0.39, 0.29) is 0 Å². The van der Waals surface area contributed by atoms with Crippen molar-refractivity contribution < 1.29 is 0 Å². The molecule has 0 fully saturated rings. The Balaban J connectivity index is 3.29. The van der Waals surface area contributed by atoms with Crippen LogP contribution in [0.2, 0.25) is 0 Å².